The van der Waals surface area contributed by atoms with Crippen LogP contribution in [0.2, 0.25) is 0 Å². The van der Waals surface area contributed by atoms with E-state index in [0.29, 0.717) is 11.4 Å². The number of rotatable bonds is 4. The van der Waals surface area contributed by atoms with Gasteiger partial charge in [0.05, 0.1) is 26.5 Å². The highest BCUT2D eigenvalue weighted by Gasteiger charge is 2.39. The fraction of sp³-hybridized carbons (Fsp3) is 0.278. The Balaban J connectivity index is 2.14. The van der Waals surface area contributed by atoms with Crippen molar-refractivity contribution in [3.8, 4) is 11.5 Å². The molecule has 0 amide bonds. The number of nitrogens with zero attached hydrogens (tertiary/aromatic N) is 1. The summed E-state index contributed by atoms with van der Waals surface area (Å²) >= 11 is 0. The summed E-state index contributed by atoms with van der Waals surface area (Å²) in [5.74, 6) is -0.116. The van der Waals surface area contributed by atoms with Crippen LogP contribution in [0.4, 0.5) is 5.69 Å². The molecule has 0 spiro atoms. The standard InChI is InChI=1S/C18H19NO6S/c1-12-8-9-15(23-2)17(10-12)26(21,22)19-11-16(18(20)24-3)25-14-7-5-4-6-13(14)19/h4-10,16H,11H2,1-3H3. The number of carbonyl (C=O) groups is 1. The summed E-state index contributed by atoms with van der Waals surface area (Å²) in [6.45, 7) is 1.60. The average Bonchev–Trinajstić information content (AvgIpc) is 2.66. The van der Waals surface area contributed by atoms with Crippen molar-refractivity contribution in [3.05, 3.63) is 48.0 Å². The van der Waals surface area contributed by atoms with E-state index in [1.165, 1.54) is 14.2 Å². The van der Waals surface area contributed by atoms with Crippen LogP contribution in [-0.4, -0.2) is 41.3 Å². The fourth-order valence-electron chi connectivity index (χ4n) is 2.79. The summed E-state index contributed by atoms with van der Waals surface area (Å²) < 4.78 is 43.5. The largest absolute Gasteiger partial charge is 0.495 e. The number of benzene rings is 2. The topological polar surface area (TPSA) is 82.1 Å². The minimum Gasteiger partial charge on any atom is -0.495 e. The van der Waals surface area contributed by atoms with E-state index in [2.05, 4.69) is 0 Å². The molecule has 8 heteroatoms. The van der Waals surface area contributed by atoms with Gasteiger partial charge in [0.2, 0.25) is 6.10 Å². The molecule has 1 aliphatic heterocycles. The monoisotopic (exact) mass is 377 g/mol. The van der Waals surface area contributed by atoms with Gasteiger partial charge in [-0.25, -0.2) is 13.2 Å². The minimum atomic E-state index is -3.99. The maximum Gasteiger partial charge on any atom is 0.348 e. The zero-order chi connectivity index (χ0) is 18.9. The lowest BCUT2D eigenvalue weighted by Crippen LogP contribution is -2.47. The highest BCUT2D eigenvalue weighted by Crippen LogP contribution is 2.38. The van der Waals surface area contributed by atoms with Crippen LogP contribution in [0.5, 0.6) is 11.5 Å². The first kappa shape index (κ1) is 18.1. The van der Waals surface area contributed by atoms with E-state index in [9.17, 15) is 13.2 Å². The molecule has 0 N–H and O–H groups in total. The molecule has 3 rings (SSSR count). The maximum atomic E-state index is 13.4. The smallest absolute Gasteiger partial charge is 0.348 e. The van der Waals surface area contributed by atoms with E-state index < -0.39 is 22.1 Å². The molecule has 0 saturated heterocycles. The Morgan fingerprint density at radius 3 is 2.62 bits per heavy atom. The molecule has 0 aliphatic carbocycles. The highest BCUT2D eigenvalue weighted by molar-refractivity contribution is 7.93. The number of methoxy groups -OCH3 is 2. The molecule has 0 bridgehead atoms. The summed E-state index contributed by atoms with van der Waals surface area (Å²) in [6.07, 6.45) is -1.06. The number of anilines is 1. The van der Waals surface area contributed by atoms with Crippen LogP contribution in [0.3, 0.4) is 0 Å². The third-order valence-corrected chi connectivity index (χ3v) is 5.89. The van der Waals surface area contributed by atoms with E-state index in [4.69, 9.17) is 14.2 Å². The lowest BCUT2D eigenvalue weighted by Gasteiger charge is -2.34. The van der Waals surface area contributed by atoms with Crippen LogP contribution in [-0.2, 0) is 19.6 Å². The predicted molar refractivity (Wildman–Crippen MR) is 95.1 cm³/mol. The van der Waals surface area contributed by atoms with Crippen molar-refractivity contribution < 1.29 is 27.4 Å². The molecule has 0 fully saturated rings. The molecule has 7 nitrogen and oxygen atoms in total. The van der Waals surface area contributed by atoms with Crippen molar-refractivity contribution in [3.63, 3.8) is 0 Å². The summed E-state index contributed by atoms with van der Waals surface area (Å²) in [4.78, 5) is 12.0. The van der Waals surface area contributed by atoms with E-state index in [-0.39, 0.29) is 17.2 Å². The first-order chi connectivity index (χ1) is 12.4. The van der Waals surface area contributed by atoms with Crippen LogP contribution in [0.25, 0.3) is 0 Å². The summed E-state index contributed by atoms with van der Waals surface area (Å²) in [5, 5.41) is 0. The molecule has 1 heterocycles. The van der Waals surface area contributed by atoms with E-state index in [1.54, 1.807) is 49.4 Å². The van der Waals surface area contributed by atoms with E-state index in [0.717, 1.165) is 9.87 Å². The zero-order valence-electron chi connectivity index (χ0n) is 14.6. The van der Waals surface area contributed by atoms with Gasteiger partial charge in [-0.15, -0.1) is 0 Å². The number of hydrogen-bond acceptors (Lipinski definition) is 6. The molecule has 1 unspecified atom stereocenters. The van der Waals surface area contributed by atoms with Crippen LogP contribution in [0.15, 0.2) is 47.4 Å². The Bertz CT molecular complexity index is 940. The van der Waals surface area contributed by atoms with Crippen molar-refractivity contribution in [2.75, 3.05) is 25.1 Å². The van der Waals surface area contributed by atoms with Gasteiger partial charge in [0.15, 0.2) is 0 Å². The first-order valence-corrected chi connectivity index (χ1v) is 9.33. The minimum absolute atomic E-state index is 0.0281. The molecule has 0 radical (unpaired) electrons. The van der Waals surface area contributed by atoms with E-state index >= 15 is 0 Å². The van der Waals surface area contributed by atoms with Gasteiger partial charge in [-0.1, -0.05) is 18.2 Å². The lowest BCUT2D eigenvalue weighted by molar-refractivity contribution is -0.148. The number of sulfonamides is 1. The Labute approximate surface area is 152 Å². The van der Waals surface area contributed by atoms with Crippen molar-refractivity contribution in [2.24, 2.45) is 0 Å². The maximum absolute atomic E-state index is 13.4. The number of ether oxygens (including phenoxy) is 3. The number of fused-ring (bicyclic) bond motifs is 1. The average molecular weight is 377 g/mol. The number of aryl methyl sites for hydroxylation is 1. The van der Waals surface area contributed by atoms with Gasteiger partial charge in [-0.2, -0.15) is 0 Å². The number of esters is 1. The summed E-state index contributed by atoms with van der Waals surface area (Å²) in [6, 6.07) is 11.6. The van der Waals surface area contributed by atoms with Crippen LogP contribution < -0.4 is 13.8 Å². The van der Waals surface area contributed by atoms with Gasteiger partial charge in [-0.05, 0) is 36.8 Å². The molecule has 1 atom stereocenters. The molecule has 26 heavy (non-hydrogen) atoms. The molecular weight excluding hydrogens is 358 g/mol. The number of hydrogen-bond donors (Lipinski definition) is 0. The highest BCUT2D eigenvalue weighted by atomic mass is 32.2. The number of carbonyl (C=O) groups excluding carboxylic acids is 1. The van der Waals surface area contributed by atoms with Gasteiger partial charge < -0.3 is 14.2 Å². The van der Waals surface area contributed by atoms with Crippen molar-refractivity contribution in [1.82, 2.24) is 0 Å². The molecule has 1 aliphatic rings. The van der Waals surface area contributed by atoms with E-state index in [1.807, 2.05) is 0 Å². The SMILES string of the molecule is COC(=O)C1CN(S(=O)(=O)c2cc(C)ccc2OC)c2ccccc2O1. The second kappa shape index (κ2) is 6.87. The molecule has 2 aromatic rings. The summed E-state index contributed by atoms with van der Waals surface area (Å²) in [5.41, 5.74) is 1.13. The first-order valence-electron chi connectivity index (χ1n) is 7.89. The van der Waals surface area contributed by atoms with Gasteiger partial charge in [0.25, 0.3) is 10.0 Å². The quantitative estimate of drug-likeness (QED) is 0.759. The van der Waals surface area contributed by atoms with Gasteiger partial charge in [0, 0.05) is 0 Å². The van der Waals surface area contributed by atoms with Crippen LogP contribution in [0, 0.1) is 6.92 Å². The van der Waals surface area contributed by atoms with Crippen molar-refractivity contribution in [2.45, 2.75) is 17.9 Å². The third-order valence-electron chi connectivity index (χ3n) is 4.09. The second-order valence-corrected chi connectivity index (χ2v) is 7.62. The van der Waals surface area contributed by atoms with Crippen molar-refractivity contribution in [1.29, 1.82) is 0 Å². The van der Waals surface area contributed by atoms with Gasteiger partial charge in [0.1, 0.15) is 16.4 Å². The molecule has 138 valence electrons. The van der Waals surface area contributed by atoms with Gasteiger partial charge in [-0.3, -0.25) is 4.31 Å². The molecular formula is C18H19NO6S. The summed E-state index contributed by atoms with van der Waals surface area (Å²) in [7, 11) is -1.35. The molecule has 0 saturated carbocycles. The lowest BCUT2D eigenvalue weighted by atomic mass is 10.2. The normalized spacial score (nSPS) is 16.4. The second-order valence-electron chi connectivity index (χ2n) is 5.79. The molecule has 2 aromatic carbocycles. The van der Waals surface area contributed by atoms with Crippen LogP contribution in [0.1, 0.15) is 5.56 Å². The van der Waals surface area contributed by atoms with Crippen LogP contribution >= 0.6 is 0 Å². The number of para-hydroxylation sites is 2. The Morgan fingerprint density at radius 1 is 1.19 bits per heavy atom. The Hall–Kier alpha value is -2.74. The van der Waals surface area contributed by atoms with Crippen molar-refractivity contribution >= 4 is 21.7 Å². The third kappa shape index (κ3) is 3.08. The fourth-order valence-corrected chi connectivity index (χ4v) is 4.51. The Morgan fingerprint density at radius 2 is 1.92 bits per heavy atom. The molecule has 0 aromatic heterocycles. The Kier molecular flexibility index (Phi) is 4.78. The predicted octanol–water partition coefficient (Wildman–Crippen LogP) is 2.13. The van der Waals surface area contributed by atoms with Gasteiger partial charge >= 0.3 is 5.97 Å². The zero-order valence-corrected chi connectivity index (χ0v) is 15.4.